The summed E-state index contributed by atoms with van der Waals surface area (Å²) in [5.41, 5.74) is 0.306. The number of carbonyl (C=O) groups excluding carboxylic acids is 1. The van der Waals surface area contributed by atoms with Crippen LogP contribution in [-0.4, -0.2) is 41.0 Å². The van der Waals surface area contributed by atoms with E-state index >= 15 is 0 Å². The lowest BCUT2D eigenvalue weighted by molar-refractivity contribution is 0.0211. The zero-order valence-electron chi connectivity index (χ0n) is 13.5. The molecule has 2 atom stereocenters. The maximum Gasteiger partial charge on any atom is 0.287 e. The molecule has 126 valence electrons. The van der Waals surface area contributed by atoms with Crippen molar-refractivity contribution in [3.8, 4) is 11.3 Å². The molecule has 2 aromatic rings. The number of piperidine rings is 3. The van der Waals surface area contributed by atoms with Crippen molar-refractivity contribution >= 4 is 5.91 Å². The van der Waals surface area contributed by atoms with Gasteiger partial charge in [0.15, 0.2) is 11.6 Å². The first kappa shape index (κ1) is 15.3. The fourth-order valence-corrected chi connectivity index (χ4v) is 3.95. The number of aromatic nitrogens is 1. The zero-order valence-corrected chi connectivity index (χ0v) is 13.5. The van der Waals surface area contributed by atoms with Crippen LogP contribution in [-0.2, 0) is 0 Å². The molecule has 2 unspecified atom stereocenters. The van der Waals surface area contributed by atoms with Crippen LogP contribution < -0.4 is 5.32 Å². The summed E-state index contributed by atoms with van der Waals surface area (Å²) in [5.74, 6) is 0.374. The van der Waals surface area contributed by atoms with Crippen LogP contribution in [0.2, 0.25) is 0 Å². The number of rotatable bonds is 3. The molecule has 0 aliphatic carbocycles. The standard InChI is InChI=1S/C18H20FN3O2/c1-11-17(12-5-8-22(11)9-6-12)21-18(23)16-3-2-15(24-16)13-4-7-20-10-14(13)19/h2-4,7,10-12,17H,5-6,8-9H2,1H3,(H,21,23). The van der Waals surface area contributed by atoms with Crippen LogP contribution in [0.15, 0.2) is 35.0 Å². The van der Waals surface area contributed by atoms with E-state index in [2.05, 4.69) is 22.1 Å². The van der Waals surface area contributed by atoms with Crippen molar-refractivity contribution in [1.29, 1.82) is 0 Å². The van der Waals surface area contributed by atoms with Crippen molar-refractivity contribution in [2.24, 2.45) is 5.92 Å². The number of pyridine rings is 1. The molecule has 24 heavy (non-hydrogen) atoms. The summed E-state index contributed by atoms with van der Waals surface area (Å²) in [5, 5.41) is 3.12. The van der Waals surface area contributed by atoms with Gasteiger partial charge in [-0.1, -0.05) is 0 Å². The topological polar surface area (TPSA) is 58.4 Å². The number of carbonyl (C=O) groups is 1. The van der Waals surface area contributed by atoms with E-state index in [4.69, 9.17) is 4.42 Å². The monoisotopic (exact) mass is 329 g/mol. The Labute approximate surface area is 139 Å². The summed E-state index contributed by atoms with van der Waals surface area (Å²) < 4.78 is 19.4. The van der Waals surface area contributed by atoms with E-state index in [-0.39, 0.29) is 17.7 Å². The highest BCUT2D eigenvalue weighted by atomic mass is 19.1. The van der Waals surface area contributed by atoms with E-state index in [9.17, 15) is 9.18 Å². The largest absolute Gasteiger partial charge is 0.451 e. The molecule has 5 nitrogen and oxygen atoms in total. The van der Waals surface area contributed by atoms with Gasteiger partial charge in [0.2, 0.25) is 0 Å². The molecule has 0 radical (unpaired) electrons. The Morgan fingerprint density at radius 2 is 2.12 bits per heavy atom. The average molecular weight is 329 g/mol. The molecule has 5 heterocycles. The first-order valence-corrected chi connectivity index (χ1v) is 8.38. The summed E-state index contributed by atoms with van der Waals surface area (Å²) in [6.45, 7) is 4.39. The van der Waals surface area contributed by atoms with Crippen molar-refractivity contribution in [1.82, 2.24) is 15.2 Å². The number of nitrogens with one attached hydrogen (secondary N) is 1. The Kier molecular flexibility index (Phi) is 3.84. The third-order valence-electron chi connectivity index (χ3n) is 5.34. The second-order valence-electron chi connectivity index (χ2n) is 6.63. The average Bonchev–Trinajstić information content (AvgIpc) is 3.09. The third kappa shape index (κ3) is 2.60. The van der Waals surface area contributed by atoms with Gasteiger partial charge in [-0.05, 0) is 57.0 Å². The van der Waals surface area contributed by atoms with Crippen LogP contribution in [0.3, 0.4) is 0 Å². The first-order valence-electron chi connectivity index (χ1n) is 8.38. The Morgan fingerprint density at radius 3 is 2.83 bits per heavy atom. The number of halogens is 1. The molecule has 3 aliphatic rings. The van der Waals surface area contributed by atoms with Gasteiger partial charge < -0.3 is 9.73 Å². The van der Waals surface area contributed by atoms with Gasteiger partial charge in [0.05, 0.1) is 11.8 Å². The molecule has 0 saturated carbocycles. The van der Waals surface area contributed by atoms with E-state index in [1.54, 1.807) is 12.1 Å². The number of nitrogens with zero attached hydrogens (tertiary/aromatic N) is 2. The van der Waals surface area contributed by atoms with Crippen LogP contribution in [0.5, 0.6) is 0 Å². The van der Waals surface area contributed by atoms with Gasteiger partial charge in [-0.3, -0.25) is 14.7 Å². The molecule has 2 bridgehead atoms. The molecular weight excluding hydrogens is 309 g/mol. The van der Waals surface area contributed by atoms with Crippen molar-refractivity contribution in [3.05, 3.63) is 42.2 Å². The lowest BCUT2D eigenvalue weighted by Gasteiger charge is -2.49. The van der Waals surface area contributed by atoms with Crippen LogP contribution in [0.1, 0.15) is 30.3 Å². The number of fused-ring (bicyclic) bond motifs is 3. The minimum absolute atomic E-state index is 0.145. The van der Waals surface area contributed by atoms with Crippen LogP contribution in [0.25, 0.3) is 11.3 Å². The Bertz CT molecular complexity index is 750. The summed E-state index contributed by atoms with van der Waals surface area (Å²) in [6, 6.07) is 5.23. The molecule has 2 aromatic heterocycles. The molecule has 5 rings (SSSR count). The number of amides is 1. The minimum Gasteiger partial charge on any atom is -0.451 e. The van der Waals surface area contributed by atoms with E-state index in [0.717, 1.165) is 32.1 Å². The second kappa shape index (κ2) is 6.02. The van der Waals surface area contributed by atoms with Gasteiger partial charge in [-0.25, -0.2) is 4.39 Å². The lowest BCUT2D eigenvalue weighted by atomic mass is 9.79. The predicted octanol–water partition coefficient (Wildman–Crippen LogP) is 2.69. The molecule has 3 saturated heterocycles. The fourth-order valence-electron chi connectivity index (χ4n) is 3.95. The lowest BCUT2D eigenvalue weighted by Crippen LogP contribution is -2.62. The van der Waals surface area contributed by atoms with Crippen LogP contribution >= 0.6 is 0 Å². The number of hydrogen-bond donors (Lipinski definition) is 1. The smallest absolute Gasteiger partial charge is 0.287 e. The van der Waals surface area contributed by atoms with Gasteiger partial charge in [0, 0.05) is 18.3 Å². The van der Waals surface area contributed by atoms with Crippen LogP contribution in [0.4, 0.5) is 4.39 Å². The summed E-state index contributed by atoms with van der Waals surface area (Å²) >= 11 is 0. The van der Waals surface area contributed by atoms with Gasteiger partial charge in [0.1, 0.15) is 5.76 Å². The molecular formula is C18H20FN3O2. The van der Waals surface area contributed by atoms with Gasteiger partial charge in [-0.15, -0.1) is 0 Å². The highest BCUT2D eigenvalue weighted by Gasteiger charge is 2.40. The molecule has 3 fully saturated rings. The quantitative estimate of drug-likeness (QED) is 0.941. The Balaban J connectivity index is 1.51. The normalized spacial score (nSPS) is 28.8. The fraction of sp³-hybridized carbons (Fsp3) is 0.444. The summed E-state index contributed by atoms with van der Waals surface area (Å²) in [7, 11) is 0. The summed E-state index contributed by atoms with van der Waals surface area (Å²) in [6.07, 6.45) is 4.88. The third-order valence-corrected chi connectivity index (χ3v) is 5.34. The predicted molar refractivity (Wildman–Crippen MR) is 86.9 cm³/mol. The second-order valence-corrected chi connectivity index (χ2v) is 6.63. The van der Waals surface area contributed by atoms with E-state index in [0.29, 0.717) is 23.3 Å². The molecule has 0 spiro atoms. The number of furan rings is 1. The molecule has 6 heteroatoms. The molecule has 1 amide bonds. The van der Waals surface area contributed by atoms with E-state index in [1.807, 2.05) is 0 Å². The highest BCUT2D eigenvalue weighted by Crippen LogP contribution is 2.32. The minimum atomic E-state index is -0.468. The Hall–Kier alpha value is -2.21. The van der Waals surface area contributed by atoms with Crippen molar-refractivity contribution in [2.75, 3.05) is 13.1 Å². The summed E-state index contributed by atoms with van der Waals surface area (Å²) in [4.78, 5) is 18.7. The Morgan fingerprint density at radius 1 is 1.33 bits per heavy atom. The van der Waals surface area contributed by atoms with Gasteiger partial charge in [0.25, 0.3) is 5.91 Å². The zero-order chi connectivity index (χ0) is 16.7. The maximum absolute atomic E-state index is 13.8. The van der Waals surface area contributed by atoms with Gasteiger partial charge >= 0.3 is 0 Å². The maximum atomic E-state index is 13.8. The van der Waals surface area contributed by atoms with Crippen molar-refractivity contribution < 1.29 is 13.6 Å². The highest BCUT2D eigenvalue weighted by molar-refractivity contribution is 5.92. The van der Waals surface area contributed by atoms with E-state index < -0.39 is 5.82 Å². The van der Waals surface area contributed by atoms with E-state index in [1.165, 1.54) is 12.3 Å². The first-order chi connectivity index (χ1) is 11.6. The van der Waals surface area contributed by atoms with Gasteiger partial charge in [-0.2, -0.15) is 0 Å². The van der Waals surface area contributed by atoms with Crippen LogP contribution in [0, 0.1) is 11.7 Å². The molecule has 1 N–H and O–H groups in total. The van der Waals surface area contributed by atoms with Crippen molar-refractivity contribution in [3.63, 3.8) is 0 Å². The molecule has 3 aliphatic heterocycles. The SMILES string of the molecule is CC1C(NC(=O)c2ccc(-c3ccncc3F)o2)C2CCN1CC2. The number of hydrogen-bond acceptors (Lipinski definition) is 4. The van der Waals surface area contributed by atoms with Crippen molar-refractivity contribution in [2.45, 2.75) is 31.8 Å². The molecule has 0 aromatic carbocycles.